The van der Waals surface area contributed by atoms with Crippen molar-refractivity contribution in [2.45, 2.75) is 32.2 Å². The van der Waals surface area contributed by atoms with E-state index in [1.807, 2.05) is 10.6 Å². The minimum atomic E-state index is 0.153. The zero-order valence-corrected chi connectivity index (χ0v) is 7.29. The molecule has 1 aliphatic heterocycles. The molecule has 12 heavy (non-hydrogen) atoms. The fourth-order valence-electron chi connectivity index (χ4n) is 1.96. The van der Waals surface area contributed by atoms with Crippen LogP contribution in [0, 0.1) is 0 Å². The maximum atomic E-state index is 11.4. The van der Waals surface area contributed by atoms with Gasteiger partial charge in [-0.1, -0.05) is 6.07 Å². The number of aryl methyl sites for hydroxylation is 1. The Morgan fingerprint density at radius 2 is 2.33 bits per heavy atom. The van der Waals surface area contributed by atoms with E-state index in [1.165, 1.54) is 12.1 Å². The van der Waals surface area contributed by atoms with E-state index in [0.717, 1.165) is 12.8 Å². The van der Waals surface area contributed by atoms with Gasteiger partial charge in [-0.05, 0) is 32.3 Å². The summed E-state index contributed by atoms with van der Waals surface area (Å²) in [4.78, 5) is 11.4. The van der Waals surface area contributed by atoms with Gasteiger partial charge in [0.25, 0.3) is 5.56 Å². The van der Waals surface area contributed by atoms with E-state index in [9.17, 15) is 4.79 Å². The summed E-state index contributed by atoms with van der Waals surface area (Å²) < 4.78 is 1.92. The van der Waals surface area contributed by atoms with E-state index in [2.05, 4.69) is 13.0 Å². The van der Waals surface area contributed by atoms with Crippen molar-refractivity contribution in [3.05, 3.63) is 34.2 Å². The van der Waals surface area contributed by atoms with Crippen LogP contribution in [0.2, 0.25) is 0 Å². The van der Waals surface area contributed by atoms with Crippen molar-refractivity contribution < 1.29 is 0 Å². The zero-order chi connectivity index (χ0) is 8.55. The molecule has 0 aliphatic carbocycles. The molecule has 0 saturated heterocycles. The lowest BCUT2D eigenvalue weighted by Gasteiger charge is -2.24. The molecule has 1 unspecified atom stereocenters. The Balaban J connectivity index is 2.61. The summed E-state index contributed by atoms with van der Waals surface area (Å²) in [7, 11) is 0. The highest BCUT2D eigenvalue weighted by Crippen LogP contribution is 2.21. The molecular weight excluding hydrogens is 150 g/mol. The normalized spacial score (nSPS) is 21.9. The van der Waals surface area contributed by atoms with Gasteiger partial charge in [-0.15, -0.1) is 0 Å². The first-order valence-corrected chi connectivity index (χ1v) is 4.49. The average molecular weight is 163 g/mol. The molecule has 0 spiro atoms. The van der Waals surface area contributed by atoms with Crippen molar-refractivity contribution in [1.82, 2.24) is 4.57 Å². The lowest BCUT2D eigenvalue weighted by Crippen LogP contribution is -2.28. The number of fused-ring (bicyclic) bond motifs is 1. The average Bonchev–Trinajstić information content (AvgIpc) is 2.04. The van der Waals surface area contributed by atoms with Gasteiger partial charge in [-0.25, -0.2) is 0 Å². The maximum Gasteiger partial charge on any atom is 0.250 e. The molecule has 1 aromatic heterocycles. The molecule has 64 valence electrons. The highest BCUT2D eigenvalue weighted by atomic mass is 16.1. The minimum Gasteiger partial charge on any atom is -0.310 e. The molecule has 0 fully saturated rings. The van der Waals surface area contributed by atoms with Crippen LogP contribution in [0.4, 0.5) is 0 Å². The quantitative estimate of drug-likeness (QED) is 0.571. The third-order valence-electron chi connectivity index (χ3n) is 2.57. The van der Waals surface area contributed by atoms with Crippen LogP contribution in [0.5, 0.6) is 0 Å². The van der Waals surface area contributed by atoms with Crippen LogP contribution in [0.1, 0.15) is 31.5 Å². The summed E-state index contributed by atoms with van der Waals surface area (Å²) in [5.74, 6) is 0. The standard InChI is InChI=1S/C10H13NO/c1-8-4-2-5-9-6-3-7-10(12)11(8)9/h3,6-8H,2,4-5H2,1H3. The molecule has 0 bridgehead atoms. The highest BCUT2D eigenvalue weighted by molar-refractivity contribution is 5.09. The summed E-state index contributed by atoms with van der Waals surface area (Å²) in [5, 5.41) is 0. The Morgan fingerprint density at radius 1 is 1.50 bits per heavy atom. The first kappa shape index (κ1) is 7.59. The Kier molecular flexibility index (Phi) is 1.75. The van der Waals surface area contributed by atoms with Crippen molar-refractivity contribution >= 4 is 0 Å². The number of rotatable bonds is 0. The van der Waals surface area contributed by atoms with Crippen molar-refractivity contribution in [3.8, 4) is 0 Å². The van der Waals surface area contributed by atoms with E-state index in [-0.39, 0.29) is 5.56 Å². The molecule has 1 aliphatic rings. The van der Waals surface area contributed by atoms with E-state index >= 15 is 0 Å². The molecule has 0 amide bonds. The second-order valence-corrected chi connectivity index (χ2v) is 3.47. The van der Waals surface area contributed by atoms with Crippen molar-refractivity contribution in [1.29, 1.82) is 0 Å². The van der Waals surface area contributed by atoms with Gasteiger partial charge in [0.05, 0.1) is 0 Å². The monoisotopic (exact) mass is 163 g/mol. The van der Waals surface area contributed by atoms with Gasteiger partial charge in [0, 0.05) is 17.8 Å². The van der Waals surface area contributed by atoms with Gasteiger partial charge in [-0.2, -0.15) is 0 Å². The van der Waals surface area contributed by atoms with Gasteiger partial charge in [0.1, 0.15) is 0 Å². The van der Waals surface area contributed by atoms with Crippen LogP contribution in [0.15, 0.2) is 23.0 Å². The second-order valence-electron chi connectivity index (χ2n) is 3.47. The summed E-state index contributed by atoms with van der Waals surface area (Å²) >= 11 is 0. The fraction of sp³-hybridized carbons (Fsp3) is 0.500. The molecule has 0 aromatic carbocycles. The largest absolute Gasteiger partial charge is 0.310 e. The topological polar surface area (TPSA) is 22.0 Å². The molecule has 2 rings (SSSR count). The van der Waals surface area contributed by atoms with Crippen LogP contribution < -0.4 is 5.56 Å². The molecule has 1 aromatic rings. The number of aromatic nitrogens is 1. The predicted molar refractivity (Wildman–Crippen MR) is 48.4 cm³/mol. The lowest BCUT2D eigenvalue weighted by molar-refractivity contribution is 0.417. The van der Waals surface area contributed by atoms with Crippen LogP contribution in [-0.2, 0) is 6.42 Å². The van der Waals surface area contributed by atoms with E-state index in [4.69, 9.17) is 0 Å². The second kappa shape index (κ2) is 2.77. The smallest absolute Gasteiger partial charge is 0.250 e. The molecule has 1 atom stereocenters. The van der Waals surface area contributed by atoms with E-state index in [0.29, 0.717) is 6.04 Å². The number of nitrogens with zero attached hydrogens (tertiary/aromatic N) is 1. The van der Waals surface area contributed by atoms with Gasteiger partial charge in [-0.3, -0.25) is 4.79 Å². The number of hydrogen-bond acceptors (Lipinski definition) is 1. The maximum absolute atomic E-state index is 11.4. The molecule has 2 nitrogen and oxygen atoms in total. The summed E-state index contributed by atoms with van der Waals surface area (Å²) in [6, 6.07) is 5.94. The Labute approximate surface area is 71.8 Å². The van der Waals surface area contributed by atoms with Gasteiger partial charge < -0.3 is 4.57 Å². The molecule has 2 heterocycles. The first-order valence-electron chi connectivity index (χ1n) is 4.49. The van der Waals surface area contributed by atoms with Crippen molar-refractivity contribution in [2.75, 3.05) is 0 Å². The minimum absolute atomic E-state index is 0.153. The van der Waals surface area contributed by atoms with E-state index in [1.54, 1.807) is 6.07 Å². The van der Waals surface area contributed by atoms with Crippen LogP contribution in [0.3, 0.4) is 0 Å². The van der Waals surface area contributed by atoms with Crippen molar-refractivity contribution in [2.24, 2.45) is 0 Å². The third-order valence-corrected chi connectivity index (χ3v) is 2.57. The first-order chi connectivity index (χ1) is 5.79. The predicted octanol–water partition coefficient (Wildman–Crippen LogP) is 1.75. The summed E-state index contributed by atoms with van der Waals surface area (Å²) in [6.07, 6.45) is 3.40. The van der Waals surface area contributed by atoms with Crippen molar-refractivity contribution in [3.63, 3.8) is 0 Å². The van der Waals surface area contributed by atoms with Crippen LogP contribution in [0.25, 0.3) is 0 Å². The SMILES string of the molecule is CC1CCCc2cccc(=O)n21. The van der Waals surface area contributed by atoms with E-state index < -0.39 is 0 Å². The Morgan fingerprint density at radius 3 is 3.08 bits per heavy atom. The highest BCUT2D eigenvalue weighted by Gasteiger charge is 2.15. The Bertz CT molecular complexity index is 340. The molecule has 0 saturated carbocycles. The number of hydrogen-bond donors (Lipinski definition) is 0. The summed E-state index contributed by atoms with van der Waals surface area (Å²) in [6.45, 7) is 2.12. The molecule has 2 heteroatoms. The van der Waals surface area contributed by atoms with Crippen LogP contribution in [-0.4, -0.2) is 4.57 Å². The number of pyridine rings is 1. The molecule has 0 radical (unpaired) electrons. The summed E-state index contributed by atoms with van der Waals surface area (Å²) in [5.41, 5.74) is 1.35. The van der Waals surface area contributed by atoms with Gasteiger partial charge in [0.15, 0.2) is 0 Å². The Hall–Kier alpha value is -1.05. The molecular formula is C10H13NO. The van der Waals surface area contributed by atoms with Gasteiger partial charge in [0.2, 0.25) is 0 Å². The zero-order valence-electron chi connectivity index (χ0n) is 7.29. The van der Waals surface area contributed by atoms with Gasteiger partial charge >= 0.3 is 0 Å². The third kappa shape index (κ3) is 1.07. The fourth-order valence-corrected chi connectivity index (χ4v) is 1.96. The lowest BCUT2D eigenvalue weighted by atomic mass is 10.0. The molecule has 0 N–H and O–H groups in total. The van der Waals surface area contributed by atoms with Crippen LogP contribution >= 0.6 is 0 Å².